The maximum absolute atomic E-state index is 13.6. The lowest BCUT2D eigenvalue weighted by molar-refractivity contribution is -0.938. The van der Waals surface area contributed by atoms with Crippen LogP contribution >= 0.6 is 15.9 Å². The Balaban J connectivity index is 0.00000507. The summed E-state index contributed by atoms with van der Waals surface area (Å²) in [6.45, 7) is 19.1. The van der Waals surface area contributed by atoms with Gasteiger partial charge in [-0.25, -0.2) is 0 Å². The van der Waals surface area contributed by atoms with Crippen LogP contribution in [0.5, 0.6) is 0 Å². The molecule has 0 atom stereocenters. The first-order valence-corrected chi connectivity index (χ1v) is 14.5. The Bertz CT molecular complexity index is 1160. The number of amides is 1. The molecule has 0 aliphatic heterocycles. The highest BCUT2D eigenvalue weighted by molar-refractivity contribution is 9.10. The van der Waals surface area contributed by atoms with E-state index in [-0.39, 0.29) is 22.9 Å². The molecular weight excluding hydrogens is 600 g/mol. The second-order valence-corrected chi connectivity index (χ2v) is 11.7. The molecule has 3 aromatic rings. The van der Waals surface area contributed by atoms with Crippen LogP contribution in [0.2, 0.25) is 0 Å². The zero-order valence-electron chi connectivity index (χ0n) is 24.0. The highest BCUT2D eigenvalue weighted by Crippen LogP contribution is 2.21. The van der Waals surface area contributed by atoms with Gasteiger partial charge in [0.15, 0.2) is 0 Å². The molecule has 0 aliphatic rings. The van der Waals surface area contributed by atoms with Crippen molar-refractivity contribution in [3.05, 3.63) is 104 Å². The molecule has 0 fully saturated rings. The summed E-state index contributed by atoms with van der Waals surface area (Å²) in [5.74, 6) is 0.0995. The Morgan fingerprint density at radius 3 is 1.87 bits per heavy atom. The number of benzene rings is 3. The normalized spacial score (nSPS) is 11.2. The van der Waals surface area contributed by atoms with Crippen molar-refractivity contribution < 1.29 is 26.3 Å². The van der Waals surface area contributed by atoms with Crippen molar-refractivity contribution in [2.75, 3.05) is 26.2 Å². The van der Waals surface area contributed by atoms with Crippen LogP contribution in [0.25, 0.3) is 0 Å². The smallest absolute Gasteiger partial charge is 0.254 e. The fourth-order valence-corrected chi connectivity index (χ4v) is 5.98. The molecule has 0 radical (unpaired) electrons. The predicted octanol–water partition coefficient (Wildman–Crippen LogP) is 5.17. The molecule has 0 N–H and O–H groups in total. The number of aryl methyl sites for hydroxylation is 4. The number of hydrogen-bond acceptors (Lipinski definition) is 1. The fourth-order valence-electron chi connectivity index (χ4n) is 5.58. The van der Waals surface area contributed by atoms with E-state index >= 15 is 0 Å². The van der Waals surface area contributed by atoms with Crippen molar-refractivity contribution in [1.82, 2.24) is 4.90 Å². The van der Waals surface area contributed by atoms with Gasteiger partial charge in [-0.1, -0.05) is 80.6 Å². The average Bonchev–Trinajstić information content (AvgIpc) is 2.83. The maximum atomic E-state index is 13.6. The third-order valence-electron chi connectivity index (χ3n) is 7.47. The number of unbranched alkanes of at least 4 members (excludes halogenated alkanes) is 1. The topological polar surface area (TPSA) is 20.3 Å². The van der Waals surface area contributed by atoms with Crippen LogP contribution in [-0.2, 0) is 13.1 Å². The molecule has 0 saturated carbocycles. The molecular formula is C33H44Br2N2O. The van der Waals surface area contributed by atoms with Crippen molar-refractivity contribution in [2.45, 2.75) is 67.5 Å². The quantitative estimate of drug-likeness (QED) is 0.197. The van der Waals surface area contributed by atoms with E-state index in [1.807, 2.05) is 29.2 Å². The van der Waals surface area contributed by atoms with Crippen molar-refractivity contribution in [3.63, 3.8) is 0 Å². The van der Waals surface area contributed by atoms with E-state index in [9.17, 15) is 4.79 Å². The van der Waals surface area contributed by atoms with E-state index in [4.69, 9.17) is 0 Å². The second kappa shape index (κ2) is 15.0. The summed E-state index contributed by atoms with van der Waals surface area (Å²) < 4.78 is 2.02. The van der Waals surface area contributed by atoms with Gasteiger partial charge in [0.25, 0.3) is 5.91 Å². The van der Waals surface area contributed by atoms with Crippen molar-refractivity contribution in [3.8, 4) is 0 Å². The average molecular weight is 645 g/mol. The van der Waals surface area contributed by atoms with Gasteiger partial charge in [0.1, 0.15) is 6.54 Å². The number of carbonyl (C=O) groups excluding carboxylic acids is 1. The second-order valence-electron chi connectivity index (χ2n) is 10.8. The summed E-state index contributed by atoms with van der Waals surface area (Å²) in [6.07, 6.45) is 2.10. The summed E-state index contributed by atoms with van der Waals surface area (Å²) in [6, 6.07) is 21.3. The van der Waals surface area contributed by atoms with Crippen LogP contribution in [0.3, 0.4) is 0 Å². The van der Waals surface area contributed by atoms with Gasteiger partial charge in [-0.3, -0.25) is 4.79 Å². The Kier molecular flexibility index (Phi) is 12.7. The van der Waals surface area contributed by atoms with Gasteiger partial charge >= 0.3 is 0 Å². The predicted molar refractivity (Wildman–Crippen MR) is 160 cm³/mol. The zero-order chi connectivity index (χ0) is 27.0. The zero-order valence-corrected chi connectivity index (χ0v) is 27.2. The van der Waals surface area contributed by atoms with Gasteiger partial charge in [-0.2, -0.15) is 0 Å². The minimum Gasteiger partial charge on any atom is -1.00 e. The lowest BCUT2D eigenvalue weighted by Gasteiger charge is -2.37. The van der Waals surface area contributed by atoms with Crippen molar-refractivity contribution >= 4 is 21.8 Å². The molecule has 3 nitrogen and oxygen atoms in total. The minimum absolute atomic E-state index is 0. The maximum Gasteiger partial charge on any atom is 0.254 e. The fraction of sp³-hybridized carbons (Fsp3) is 0.424. The monoisotopic (exact) mass is 642 g/mol. The highest BCUT2D eigenvalue weighted by atomic mass is 79.9. The Morgan fingerprint density at radius 1 is 0.789 bits per heavy atom. The van der Waals surface area contributed by atoms with Gasteiger partial charge < -0.3 is 26.4 Å². The number of halogens is 2. The highest BCUT2D eigenvalue weighted by Gasteiger charge is 2.24. The van der Waals surface area contributed by atoms with Crippen LogP contribution in [0, 0.1) is 27.7 Å². The van der Waals surface area contributed by atoms with E-state index in [0.717, 1.165) is 60.1 Å². The number of hydrogen-bond donors (Lipinski definition) is 0. The van der Waals surface area contributed by atoms with E-state index < -0.39 is 0 Å². The number of carbonyl (C=O) groups is 1. The first-order valence-electron chi connectivity index (χ1n) is 13.7. The van der Waals surface area contributed by atoms with E-state index in [2.05, 4.69) is 93.9 Å². The molecule has 5 heteroatoms. The largest absolute Gasteiger partial charge is 1.00 e. The number of quaternary nitrogens is 1. The molecule has 206 valence electrons. The third kappa shape index (κ3) is 9.36. The molecule has 0 heterocycles. The Hall–Kier alpha value is -1.95. The van der Waals surface area contributed by atoms with Gasteiger partial charge in [-0.05, 0) is 78.1 Å². The van der Waals surface area contributed by atoms with E-state index in [1.54, 1.807) is 0 Å². The molecule has 0 saturated heterocycles. The van der Waals surface area contributed by atoms with E-state index in [0.29, 0.717) is 6.54 Å². The van der Waals surface area contributed by atoms with Gasteiger partial charge in [0.2, 0.25) is 0 Å². The van der Waals surface area contributed by atoms with Crippen LogP contribution in [0.15, 0.2) is 65.1 Å². The van der Waals surface area contributed by atoms with Crippen LogP contribution < -0.4 is 17.0 Å². The van der Waals surface area contributed by atoms with E-state index in [1.165, 1.54) is 33.4 Å². The van der Waals surface area contributed by atoms with Crippen LogP contribution in [0.4, 0.5) is 0 Å². The molecule has 0 aromatic heterocycles. The molecule has 3 rings (SSSR count). The Labute approximate surface area is 249 Å². The summed E-state index contributed by atoms with van der Waals surface area (Å²) in [4.78, 5) is 15.6. The number of nitrogens with zero attached hydrogens (tertiary/aromatic N) is 2. The molecule has 0 aliphatic carbocycles. The summed E-state index contributed by atoms with van der Waals surface area (Å²) in [7, 11) is 0. The van der Waals surface area contributed by atoms with Crippen molar-refractivity contribution in [1.29, 1.82) is 0 Å². The van der Waals surface area contributed by atoms with Crippen molar-refractivity contribution in [2.24, 2.45) is 0 Å². The molecule has 38 heavy (non-hydrogen) atoms. The van der Waals surface area contributed by atoms with Gasteiger partial charge in [0, 0.05) is 28.7 Å². The summed E-state index contributed by atoms with van der Waals surface area (Å²) >= 11 is 3.53. The van der Waals surface area contributed by atoms with Crippen LogP contribution in [-0.4, -0.2) is 41.5 Å². The SMILES string of the molecule is CC[N+](CC)(CCCCN(Cc1cc(C)cc(C)c1)C(=O)c1cccc(Br)c1)Cc1cc(C)cc(C)c1.[Br-]. The molecule has 1 amide bonds. The lowest BCUT2D eigenvalue weighted by Crippen LogP contribution is -3.00. The summed E-state index contributed by atoms with van der Waals surface area (Å²) in [5, 5.41) is 0. The third-order valence-corrected chi connectivity index (χ3v) is 7.96. The van der Waals surface area contributed by atoms with Gasteiger partial charge in [-0.15, -0.1) is 0 Å². The lowest BCUT2D eigenvalue weighted by atomic mass is 10.1. The van der Waals surface area contributed by atoms with Gasteiger partial charge in [0.05, 0.1) is 19.6 Å². The molecule has 0 unspecified atom stereocenters. The first kappa shape index (κ1) is 32.3. The summed E-state index contributed by atoms with van der Waals surface area (Å²) in [5.41, 5.74) is 8.53. The standard InChI is InChI=1S/C33H44BrN2O.BrH/c1-7-36(8-2,24-30-20-27(5)17-28(6)21-30)15-10-9-14-35(23-29-18-25(3)16-26(4)19-29)33(37)31-12-11-13-32(34)22-31;/h11-13,16-22H,7-10,14-15,23-24H2,1-6H3;1H/q+1;/p-1. The molecule has 0 bridgehead atoms. The van der Waals surface area contributed by atoms with Crippen LogP contribution in [0.1, 0.15) is 70.4 Å². The first-order chi connectivity index (χ1) is 17.6. The Morgan fingerprint density at radius 2 is 1.34 bits per heavy atom. The molecule has 0 spiro atoms. The minimum atomic E-state index is 0. The number of rotatable bonds is 12. The molecule has 3 aromatic carbocycles.